The van der Waals surface area contributed by atoms with Gasteiger partial charge >= 0.3 is 0 Å². The van der Waals surface area contributed by atoms with E-state index in [0.717, 1.165) is 42.7 Å². The number of benzene rings is 2. The molecule has 0 saturated carbocycles. The normalized spacial score (nSPS) is 13.7. The van der Waals surface area contributed by atoms with Crippen LogP contribution in [0.2, 0.25) is 0 Å². The second-order valence-corrected chi connectivity index (χ2v) is 6.71. The SMILES string of the molecule is CCCN1Cc2cccc(NC(=O)c3cc4ccccc4c(=O)[nH]3)c2C1. The fourth-order valence-corrected chi connectivity index (χ4v) is 3.60. The van der Waals surface area contributed by atoms with Crippen molar-refractivity contribution in [2.24, 2.45) is 0 Å². The van der Waals surface area contributed by atoms with Gasteiger partial charge in [-0.05, 0) is 47.7 Å². The number of rotatable bonds is 4. The highest BCUT2D eigenvalue weighted by molar-refractivity contribution is 6.05. The number of pyridine rings is 1. The standard InChI is InChI=1S/C21H21N3O2/c1-2-10-24-12-15-7-5-9-18(17(15)13-24)22-21(26)19-11-14-6-3-4-8-16(14)20(25)23-19/h3-9,11H,2,10,12-13H2,1H3,(H,22,26)(H,23,25). The predicted molar refractivity (Wildman–Crippen MR) is 103 cm³/mol. The fourth-order valence-electron chi connectivity index (χ4n) is 3.60. The summed E-state index contributed by atoms with van der Waals surface area (Å²) >= 11 is 0. The van der Waals surface area contributed by atoms with Crippen LogP contribution in [-0.4, -0.2) is 22.3 Å². The summed E-state index contributed by atoms with van der Waals surface area (Å²) in [5.41, 5.74) is 3.26. The lowest BCUT2D eigenvalue weighted by Crippen LogP contribution is -2.20. The van der Waals surface area contributed by atoms with Gasteiger partial charge in [-0.15, -0.1) is 0 Å². The fraction of sp³-hybridized carbons (Fsp3) is 0.238. The van der Waals surface area contributed by atoms with E-state index in [2.05, 4.69) is 28.2 Å². The van der Waals surface area contributed by atoms with Gasteiger partial charge in [0.2, 0.25) is 0 Å². The predicted octanol–water partition coefficient (Wildman–Crippen LogP) is 3.51. The molecule has 4 rings (SSSR count). The molecular weight excluding hydrogens is 326 g/mol. The zero-order valence-corrected chi connectivity index (χ0v) is 14.7. The van der Waals surface area contributed by atoms with Gasteiger partial charge in [0.25, 0.3) is 11.5 Å². The Morgan fingerprint density at radius 3 is 2.85 bits per heavy atom. The van der Waals surface area contributed by atoms with Crippen molar-refractivity contribution in [2.75, 3.05) is 11.9 Å². The molecule has 2 heterocycles. The molecule has 26 heavy (non-hydrogen) atoms. The van der Waals surface area contributed by atoms with Crippen LogP contribution in [0.5, 0.6) is 0 Å². The van der Waals surface area contributed by atoms with Crippen molar-refractivity contribution in [1.29, 1.82) is 0 Å². The molecule has 0 unspecified atom stereocenters. The van der Waals surface area contributed by atoms with Crippen molar-refractivity contribution >= 4 is 22.4 Å². The number of nitrogens with one attached hydrogen (secondary N) is 2. The average Bonchev–Trinajstić information content (AvgIpc) is 3.05. The van der Waals surface area contributed by atoms with Crippen LogP contribution in [0.1, 0.15) is 35.0 Å². The molecular formula is C21H21N3O2. The quantitative estimate of drug-likeness (QED) is 0.759. The van der Waals surface area contributed by atoms with Crippen molar-refractivity contribution in [3.8, 4) is 0 Å². The van der Waals surface area contributed by atoms with Crippen LogP contribution in [0.4, 0.5) is 5.69 Å². The van der Waals surface area contributed by atoms with E-state index >= 15 is 0 Å². The summed E-state index contributed by atoms with van der Waals surface area (Å²) in [6.45, 7) is 4.97. The highest BCUT2D eigenvalue weighted by atomic mass is 16.2. The number of fused-ring (bicyclic) bond motifs is 2. The molecule has 1 amide bonds. The largest absolute Gasteiger partial charge is 0.320 e. The van der Waals surface area contributed by atoms with Gasteiger partial charge in [0, 0.05) is 24.2 Å². The molecule has 1 aliphatic rings. The number of nitrogens with zero attached hydrogens (tertiary/aromatic N) is 1. The van der Waals surface area contributed by atoms with Gasteiger partial charge < -0.3 is 10.3 Å². The van der Waals surface area contributed by atoms with Gasteiger partial charge in [0.05, 0.1) is 0 Å². The van der Waals surface area contributed by atoms with Crippen LogP contribution in [0.3, 0.4) is 0 Å². The van der Waals surface area contributed by atoms with E-state index < -0.39 is 0 Å². The summed E-state index contributed by atoms with van der Waals surface area (Å²) in [6.07, 6.45) is 1.11. The number of amides is 1. The first-order chi connectivity index (χ1) is 12.7. The van der Waals surface area contributed by atoms with E-state index in [1.54, 1.807) is 12.1 Å². The Labute approximate surface area is 151 Å². The number of H-pyrrole nitrogens is 1. The van der Waals surface area contributed by atoms with Crippen molar-refractivity contribution in [1.82, 2.24) is 9.88 Å². The molecule has 3 aromatic rings. The minimum Gasteiger partial charge on any atom is -0.320 e. The Balaban J connectivity index is 1.62. The third kappa shape index (κ3) is 3.02. The second kappa shape index (κ2) is 6.77. The van der Waals surface area contributed by atoms with Gasteiger partial charge in [-0.2, -0.15) is 0 Å². The van der Waals surface area contributed by atoms with E-state index in [-0.39, 0.29) is 17.2 Å². The molecule has 0 radical (unpaired) electrons. The van der Waals surface area contributed by atoms with Crippen LogP contribution in [-0.2, 0) is 13.1 Å². The number of aromatic nitrogens is 1. The molecule has 0 spiro atoms. The molecule has 1 aromatic heterocycles. The van der Waals surface area contributed by atoms with Crippen molar-refractivity contribution in [3.63, 3.8) is 0 Å². The maximum atomic E-state index is 12.7. The molecule has 2 N–H and O–H groups in total. The Kier molecular flexibility index (Phi) is 4.31. The highest BCUT2D eigenvalue weighted by Crippen LogP contribution is 2.29. The zero-order valence-electron chi connectivity index (χ0n) is 14.7. The van der Waals surface area contributed by atoms with E-state index in [0.29, 0.717) is 5.39 Å². The van der Waals surface area contributed by atoms with Gasteiger partial charge in [-0.25, -0.2) is 0 Å². The third-order valence-corrected chi connectivity index (χ3v) is 4.83. The lowest BCUT2D eigenvalue weighted by Gasteiger charge is -2.13. The Morgan fingerprint density at radius 2 is 2.00 bits per heavy atom. The Bertz CT molecular complexity index is 1040. The van der Waals surface area contributed by atoms with Crippen molar-refractivity contribution in [2.45, 2.75) is 26.4 Å². The Morgan fingerprint density at radius 1 is 1.15 bits per heavy atom. The van der Waals surface area contributed by atoms with Gasteiger partial charge in [0.1, 0.15) is 5.69 Å². The zero-order chi connectivity index (χ0) is 18.1. The Hall–Kier alpha value is -2.92. The molecule has 0 atom stereocenters. The number of carbonyl (C=O) groups excluding carboxylic acids is 1. The summed E-state index contributed by atoms with van der Waals surface area (Å²) in [4.78, 5) is 30.0. The number of anilines is 1. The molecule has 132 valence electrons. The number of hydrogen-bond acceptors (Lipinski definition) is 3. The first-order valence-corrected chi connectivity index (χ1v) is 8.92. The van der Waals surface area contributed by atoms with Crippen LogP contribution < -0.4 is 10.9 Å². The van der Waals surface area contributed by atoms with Crippen LogP contribution in [0, 0.1) is 0 Å². The smallest absolute Gasteiger partial charge is 0.272 e. The summed E-state index contributed by atoms with van der Waals surface area (Å²) in [5.74, 6) is -0.296. The summed E-state index contributed by atoms with van der Waals surface area (Å²) in [5, 5.41) is 4.32. The third-order valence-electron chi connectivity index (χ3n) is 4.83. The van der Waals surface area contributed by atoms with E-state index in [4.69, 9.17) is 0 Å². The highest BCUT2D eigenvalue weighted by Gasteiger charge is 2.22. The molecule has 2 aromatic carbocycles. The van der Waals surface area contributed by atoms with E-state index in [1.807, 2.05) is 30.3 Å². The summed E-state index contributed by atoms with van der Waals surface area (Å²) in [7, 11) is 0. The first kappa shape index (κ1) is 16.5. The molecule has 0 fully saturated rings. The second-order valence-electron chi connectivity index (χ2n) is 6.71. The van der Waals surface area contributed by atoms with E-state index in [9.17, 15) is 9.59 Å². The number of hydrogen-bond donors (Lipinski definition) is 2. The molecule has 0 bridgehead atoms. The minimum atomic E-state index is -0.296. The molecule has 0 aliphatic carbocycles. The first-order valence-electron chi connectivity index (χ1n) is 8.92. The average molecular weight is 347 g/mol. The summed E-state index contributed by atoms with van der Waals surface area (Å²) < 4.78 is 0. The number of aromatic amines is 1. The minimum absolute atomic E-state index is 0.249. The topological polar surface area (TPSA) is 65.2 Å². The van der Waals surface area contributed by atoms with Crippen molar-refractivity contribution < 1.29 is 4.79 Å². The van der Waals surface area contributed by atoms with Crippen LogP contribution >= 0.6 is 0 Å². The van der Waals surface area contributed by atoms with E-state index in [1.165, 1.54) is 5.56 Å². The molecule has 0 saturated heterocycles. The maximum Gasteiger partial charge on any atom is 0.272 e. The van der Waals surface area contributed by atoms with Gasteiger partial charge in [-0.1, -0.05) is 37.3 Å². The van der Waals surface area contributed by atoms with Crippen LogP contribution in [0.25, 0.3) is 10.8 Å². The van der Waals surface area contributed by atoms with Gasteiger partial charge in [-0.3, -0.25) is 14.5 Å². The lowest BCUT2D eigenvalue weighted by molar-refractivity contribution is 0.102. The maximum absolute atomic E-state index is 12.7. The summed E-state index contributed by atoms with van der Waals surface area (Å²) in [6, 6.07) is 15.0. The van der Waals surface area contributed by atoms with Crippen LogP contribution in [0.15, 0.2) is 53.3 Å². The molecule has 5 heteroatoms. The van der Waals surface area contributed by atoms with Crippen molar-refractivity contribution in [3.05, 3.63) is 75.7 Å². The van der Waals surface area contributed by atoms with Gasteiger partial charge in [0.15, 0.2) is 0 Å². The molecule has 1 aliphatic heterocycles. The number of carbonyl (C=O) groups is 1. The molecule has 5 nitrogen and oxygen atoms in total. The monoisotopic (exact) mass is 347 g/mol. The lowest BCUT2D eigenvalue weighted by atomic mass is 10.1.